The van der Waals surface area contributed by atoms with E-state index in [-0.39, 0.29) is 0 Å². The Morgan fingerprint density at radius 3 is 1.69 bits per heavy atom. The number of nitrogens with zero attached hydrogens (tertiary/aromatic N) is 2. The van der Waals surface area contributed by atoms with Gasteiger partial charge in [0.1, 0.15) is 16.7 Å². The molecule has 3 heterocycles. The van der Waals surface area contributed by atoms with Gasteiger partial charge in [-0.05, 0) is 71.4 Å². The highest BCUT2D eigenvalue weighted by molar-refractivity contribution is 6.24. The van der Waals surface area contributed by atoms with Crippen molar-refractivity contribution in [2.45, 2.75) is 0 Å². The standard InChI is InChI=1S/C50H30N2O2/c1-2-15-33(16-3-1)51-40-21-9-8-19-38(40)46-41(51)22-11-23-42(46)52(43-24-12-26-45-47(43)39-30-28-32-14-5-7-18-35(32)49(39)53-45)44-25-10-20-36-37-29-27-31-13-4-6-17-34(31)48(37)54-50(36)44/h1-30H. The zero-order valence-corrected chi connectivity index (χ0v) is 29.0. The maximum absolute atomic E-state index is 7.06. The lowest BCUT2D eigenvalue weighted by molar-refractivity contribution is 0.671. The van der Waals surface area contributed by atoms with E-state index >= 15 is 0 Å². The van der Waals surface area contributed by atoms with Gasteiger partial charge in [0.25, 0.3) is 0 Å². The number of fused-ring (bicyclic) bond motifs is 13. The summed E-state index contributed by atoms with van der Waals surface area (Å²) in [6.45, 7) is 0. The molecule has 0 aliphatic rings. The average molecular weight is 691 g/mol. The predicted octanol–water partition coefficient (Wildman–Crippen LogP) is 14.4. The van der Waals surface area contributed by atoms with Gasteiger partial charge in [-0.25, -0.2) is 0 Å². The average Bonchev–Trinajstić information content (AvgIpc) is 3.92. The van der Waals surface area contributed by atoms with Crippen LogP contribution in [0.25, 0.3) is 92.9 Å². The second kappa shape index (κ2) is 11.1. The third kappa shape index (κ3) is 4.02. The minimum Gasteiger partial charge on any atom is -0.455 e. The predicted molar refractivity (Wildman–Crippen MR) is 225 cm³/mol. The second-order valence-electron chi connectivity index (χ2n) is 14.0. The molecule has 9 aromatic carbocycles. The van der Waals surface area contributed by atoms with E-state index in [1.54, 1.807) is 0 Å². The minimum atomic E-state index is 0.836. The fourth-order valence-corrected chi connectivity index (χ4v) is 8.84. The Kier molecular flexibility index (Phi) is 6.02. The number of hydrogen-bond donors (Lipinski definition) is 0. The summed E-state index contributed by atoms with van der Waals surface area (Å²) in [6.07, 6.45) is 0. The summed E-state index contributed by atoms with van der Waals surface area (Å²) < 4.78 is 16.2. The van der Waals surface area contributed by atoms with Crippen LogP contribution in [0.2, 0.25) is 0 Å². The van der Waals surface area contributed by atoms with E-state index in [2.05, 4.69) is 191 Å². The smallest absolute Gasteiger partial charge is 0.159 e. The molecular formula is C50H30N2O2. The summed E-state index contributed by atoms with van der Waals surface area (Å²) in [6, 6.07) is 64.7. The van der Waals surface area contributed by atoms with E-state index in [0.29, 0.717) is 0 Å². The second-order valence-corrected chi connectivity index (χ2v) is 14.0. The molecule has 0 N–H and O–H groups in total. The zero-order valence-electron chi connectivity index (χ0n) is 29.0. The third-order valence-corrected chi connectivity index (χ3v) is 11.1. The number of rotatable bonds is 4. The number of anilines is 3. The highest BCUT2D eigenvalue weighted by atomic mass is 16.3. The summed E-state index contributed by atoms with van der Waals surface area (Å²) >= 11 is 0. The Bertz CT molecular complexity index is 3460. The maximum Gasteiger partial charge on any atom is 0.159 e. The summed E-state index contributed by atoms with van der Waals surface area (Å²) in [5.41, 5.74) is 9.89. The third-order valence-electron chi connectivity index (χ3n) is 11.1. The van der Waals surface area contributed by atoms with Crippen LogP contribution in [-0.2, 0) is 0 Å². The number of aromatic nitrogens is 1. The molecule has 0 fully saturated rings. The molecule has 0 aliphatic carbocycles. The Labute approximate surface area is 309 Å². The summed E-state index contributed by atoms with van der Waals surface area (Å²) in [5, 5.41) is 11.2. The van der Waals surface area contributed by atoms with E-state index in [9.17, 15) is 0 Å². The largest absolute Gasteiger partial charge is 0.455 e. The van der Waals surface area contributed by atoms with Gasteiger partial charge < -0.3 is 18.3 Å². The van der Waals surface area contributed by atoms with E-state index < -0.39 is 0 Å². The zero-order chi connectivity index (χ0) is 35.3. The molecule has 4 heteroatoms. The molecule has 252 valence electrons. The van der Waals surface area contributed by atoms with Gasteiger partial charge in [0.2, 0.25) is 0 Å². The molecule has 4 nitrogen and oxygen atoms in total. The first-order chi connectivity index (χ1) is 26.8. The Morgan fingerprint density at radius 1 is 0.333 bits per heavy atom. The molecular weight excluding hydrogens is 661 g/mol. The van der Waals surface area contributed by atoms with Gasteiger partial charge in [0.15, 0.2) is 5.58 Å². The Balaban J connectivity index is 1.25. The van der Waals surface area contributed by atoms with Crippen LogP contribution in [0.1, 0.15) is 0 Å². The molecule has 12 aromatic rings. The molecule has 0 unspecified atom stereocenters. The van der Waals surface area contributed by atoms with Gasteiger partial charge in [-0.2, -0.15) is 0 Å². The van der Waals surface area contributed by atoms with Crippen molar-refractivity contribution < 1.29 is 8.83 Å². The normalized spacial score (nSPS) is 12.1. The highest BCUT2D eigenvalue weighted by Gasteiger charge is 2.27. The van der Waals surface area contributed by atoms with Crippen LogP contribution in [0, 0.1) is 0 Å². The van der Waals surface area contributed by atoms with Gasteiger partial charge >= 0.3 is 0 Å². The number of hydrogen-bond acceptors (Lipinski definition) is 3. The molecule has 0 spiro atoms. The van der Waals surface area contributed by atoms with E-state index in [1.807, 2.05) is 0 Å². The first-order valence-corrected chi connectivity index (χ1v) is 18.4. The van der Waals surface area contributed by atoms with Crippen LogP contribution in [0.3, 0.4) is 0 Å². The molecule has 54 heavy (non-hydrogen) atoms. The SMILES string of the molecule is c1ccc(-n2c3ccccc3c3c(N(c4cccc5c4oc4c6ccccc6ccc54)c4cccc5oc6c7ccccc7ccc6c45)cccc32)cc1. The van der Waals surface area contributed by atoms with Crippen molar-refractivity contribution in [1.82, 2.24) is 4.57 Å². The number of furan rings is 2. The topological polar surface area (TPSA) is 34.5 Å². The van der Waals surface area contributed by atoms with E-state index in [0.717, 1.165) is 105 Å². The maximum atomic E-state index is 7.06. The van der Waals surface area contributed by atoms with Gasteiger partial charge in [0.05, 0.1) is 33.5 Å². The van der Waals surface area contributed by atoms with Crippen molar-refractivity contribution in [3.63, 3.8) is 0 Å². The number of para-hydroxylation sites is 3. The lowest BCUT2D eigenvalue weighted by atomic mass is 10.0. The van der Waals surface area contributed by atoms with Crippen LogP contribution in [0.4, 0.5) is 17.1 Å². The molecule has 0 saturated carbocycles. The molecule has 0 saturated heterocycles. The van der Waals surface area contributed by atoms with Crippen molar-refractivity contribution in [2.24, 2.45) is 0 Å². The summed E-state index contributed by atoms with van der Waals surface area (Å²) in [5.74, 6) is 0. The molecule has 3 aromatic heterocycles. The first-order valence-electron chi connectivity index (χ1n) is 18.4. The van der Waals surface area contributed by atoms with Crippen molar-refractivity contribution >= 4 is 104 Å². The molecule has 0 aliphatic heterocycles. The van der Waals surface area contributed by atoms with Crippen LogP contribution in [0.15, 0.2) is 191 Å². The van der Waals surface area contributed by atoms with Gasteiger partial charge in [-0.3, -0.25) is 0 Å². The Morgan fingerprint density at radius 2 is 0.889 bits per heavy atom. The molecule has 0 atom stereocenters. The van der Waals surface area contributed by atoms with Crippen LogP contribution in [-0.4, -0.2) is 4.57 Å². The molecule has 0 amide bonds. The van der Waals surface area contributed by atoms with Crippen LogP contribution >= 0.6 is 0 Å². The van der Waals surface area contributed by atoms with Crippen molar-refractivity contribution in [1.29, 1.82) is 0 Å². The Hall–Kier alpha value is -7.30. The van der Waals surface area contributed by atoms with Gasteiger partial charge in [0, 0.05) is 43.4 Å². The van der Waals surface area contributed by atoms with Gasteiger partial charge in [-0.1, -0.05) is 121 Å². The molecule has 0 radical (unpaired) electrons. The van der Waals surface area contributed by atoms with Crippen molar-refractivity contribution in [2.75, 3.05) is 4.90 Å². The van der Waals surface area contributed by atoms with E-state index in [1.165, 1.54) is 5.39 Å². The van der Waals surface area contributed by atoms with Crippen LogP contribution in [0.5, 0.6) is 0 Å². The van der Waals surface area contributed by atoms with Gasteiger partial charge in [-0.15, -0.1) is 0 Å². The highest BCUT2D eigenvalue weighted by Crippen LogP contribution is 2.50. The molecule has 0 bridgehead atoms. The monoisotopic (exact) mass is 690 g/mol. The fraction of sp³-hybridized carbons (Fsp3) is 0. The summed E-state index contributed by atoms with van der Waals surface area (Å²) in [4.78, 5) is 2.41. The first kappa shape index (κ1) is 29.3. The summed E-state index contributed by atoms with van der Waals surface area (Å²) in [7, 11) is 0. The van der Waals surface area contributed by atoms with Crippen molar-refractivity contribution in [3.8, 4) is 5.69 Å². The molecule has 12 rings (SSSR count). The van der Waals surface area contributed by atoms with Crippen LogP contribution < -0.4 is 4.90 Å². The van der Waals surface area contributed by atoms with E-state index in [4.69, 9.17) is 8.83 Å². The fourth-order valence-electron chi connectivity index (χ4n) is 8.84. The van der Waals surface area contributed by atoms with Crippen molar-refractivity contribution in [3.05, 3.63) is 182 Å². The lowest BCUT2D eigenvalue weighted by Crippen LogP contribution is -2.11. The minimum absolute atomic E-state index is 0.836. The quantitative estimate of drug-likeness (QED) is 0.184. The lowest BCUT2D eigenvalue weighted by Gasteiger charge is -2.27. The number of benzene rings is 9.